The molecule has 0 radical (unpaired) electrons. The van der Waals surface area contributed by atoms with Gasteiger partial charge in [-0.2, -0.15) is 5.10 Å². The van der Waals surface area contributed by atoms with Crippen molar-refractivity contribution < 1.29 is 4.79 Å². The Morgan fingerprint density at radius 1 is 1.36 bits per heavy atom. The van der Waals surface area contributed by atoms with E-state index in [4.69, 9.17) is 0 Å². The van der Waals surface area contributed by atoms with Gasteiger partial charge in [0.1, 0.15) is 5.82 Å². The summed E-state index contributed by atoms with van der Waals surface area (Å²) in [4.78, 5) is 16.9. The third-order valence-corrected chi connectivity index (χ3v) is 4.28. The minimum absolute atomic E-state index is 0.179. The number of amides is 2. The minimum Gasteiger partial charge on any atom is -0.336 e. The highest BCUT2D eigenvalue weighted by Crippen LogP contribution is 2.08. The number of carbonyl (C=O) groups excluding carboxylic acids is 1. The van der Waals surface area contributed by atoms with Crippen molar-refractivity contribution >= 4 is 11.8 Å². The number of carbonyl (C=O) groups is 1. The van der Waals surface area contributed by atoms with Crippen molar-refractivity contribution in [3.05, 3.63) is 11.8 Å². The Morgan fingerprint density at radius 2 is 2.05 bits per heavy atom. The van der Waals surface area contributed by atoms with E-state index in [-0.39, 0.29) is 6.03 Å². The quantitative estimate of drug-likeness (QED) is 0.847. The van der Waals surface area contributed by atoms with Gasteiger partial charge in [0, 0.05) is 51.9 Å². The SMILES string of the molecule is CCN1CCN([C@H](C)CNC(=O)Nc2cc(C)nn2C)CC1. The molecule has 0 unspecified atom stereocenters. The van der Waals surface area contributed by atoms with Crippen LogP contribution >= 0.6 is 0 Å². The van der Waals surface area contributed by atoms with Crippen molar-refractivity contribution in [3.8, 4) is 0 Å². The zero-order chi connectivity index (χ0) is 16.1. The lowest BCUT2D eigenvalue weighted by Crippen LogP contribution is -2.52. The fourth-order valence-electron chi connectivity index (χ4n) is 2.78. The molecular weight excluding hydrogens is 280 g/mol. The molecule has 0 aliphatic carbocycles. The van der Waals surface area contributed by atoms with Crippen molar-refractivity contribution in [1.29, 1.82) is 0 Å². The van der Waals surface area contributed by atoms with Gasteiger partial charge >= 0.3 is 6.03 Å². The van der Waals surface area contributed by atoms with Crippen LogP contribution in [-0.4, -0.2) is 70.9 Å². The van der Waals surface area contributed by atoms with Gasteiger partial charge in [0.15, 0.2) is 0 Å². The molecule has 1 saturated heterocycles. The van der Waals surface area contributed by atoms with Crippen molar-refractivity contribution in [3.63, 3.8) is 0 Å². The molecule has 7 heteroatoms. The molecule has 1 aromatic heterocycles. The van der Waals surface area contributed by atoms with Crippen LogP contribution in [0.1, 0.15) is 19.5 Å². The summed E-state index contributed by atoms with van der Waals surface area (Å²) in [6.07, 6.45) is 0. The topological polar surface area (TPSA) is 65.4 Å². The van der Waals surface area contributed by atoms with Crippen LogP contribution in [0, 0.1) is 6.92 Å². The van der Waals surface area contributed by atoms with E-state index in [1.807, 2.05) is 20.0 Å². The number of rotatable bonds is 5. The summed E-state index contributed by atoms with van der Waals surface area (Å²) in [6, 6.07) is 2.02. The number of nitrogens with one attached hydrogen (secondary N) is 2. The maximum atomic E-state index is 12.0. The number of hydrogen-bond acceptors (Lipinski definition) is 4. The first-order valence-corrected chi connectivity index (χ1v) is 8.01. The zero-order valence-corrected chi connectivity index (χ0v) is 14.1. The Bertz CT molecular complexity index is 492. The van der Waals surface area contributed by atoms with Crippen LogP contribution in [0.2, 0.25) is 0 Å². The van der Waals surface area contributed by atoms with E-state index < -0.39 is 0 Å². The number of anilines is 1. The first-order valence-electron chi connectivity index (χ1n) is 8.01. The van der Waals surface area contributed by atoms with Gasteiger partial charge in [-0.05, 0) is 20.4 Å². The molecule has 1 atom stereocenters. The minimum atomic E-state index is -0.179. The van der Waals surface area contributed by atoms with Crippen LogP contribution in [-0.2, 0) is 7.05 Å². The molecule has 2 heterocycles. The summed E-state index contributed by atoms with van der Waals surface area (Å²) >= 11 is 0. The van der Waals surface area contributed by atoms with Gasteiger partial charge in [-0.15, -0.1) is 0 Å². The molecular formula is C15H28N6O. The Labute approximate surface area is 132 Å². The van der Waals surface area contributed by atoms with Crippen LogP contribution < -0.4 is 10.6 Å². The lowest BCUT2D eigenvalue weighted by atomic mass is 10.2. The number of urea groups is 1. The summed E-state index contributed by atoms with van der Waals surface area (Å²) in [5.41, 5.74) is 0.889. The zero-order valence-electron chi connectivity index (χ0n) is 14.1. The summed E-state index contributed by atoms with van der Waals surface area (Å²) in [5.74, 6) is 0.708. The van der Waals surface area contributed by atoms with Crippen molar-refractivity contribution in [2.24, 2.45) is 7.05 Å². The van der Waals surface area contributed by atoms with E-state index in [0.29, 0.717) is 18.4 Å². The van der Waals surface area contributed by atoms with Gasteiger partial charge in [-0.1, -0.05) is 6.92 Å². The predicted molar refractivity (Wildman–Crippen MR) is 88.1 cm³/mol. The molecule has 1 aliphatic heterocycles. The Hall–Kier alpha value is -1.60. The number of likely N-dealkylation sites (N-methyl/N-ethyl adjacent to an activating group) is 1. The molecule has 0 aromatic carbocycles. The smallest absolute Gasteiger partial charge is 0.320 e. The molecule has 22 heavy (non-hydrogen) atoms. The number of aromatic nitrogens is 2. The molecule has 124 valence electrons. The van der Waals surface area contributed by atoms with Gasteiger partial charge in [0.2, 0.25) is 0 Å². The lowest BCUT2D eigenvalue weighted by Gasteiger charge is -2.37. The summed E-state index contributed by atoms with van der Waals surface area (Å²) in [7, 11) is 1.82. The molecule has 0 spiro atoms. The van der Waals surface area contributed by atoms with Crippen LogP contribution in [0.5, 0.6) is 0 Å². The third kappa shape index (κ3) is 4.45. The standard InChI is InChI=1S/C15H28N6O/c1-5-20-6-8-21(9-7-20)13(3)11-16-15(22)17-14-10-12(2)18-19(14)4/h10,13H,5-9,11H2,1-4H3,(H2,16,17,22)/t13-/m1/s1. The molecule has 2 amide bonds. The molecule has 7 nitrogen and oxygen atoms in total. The van der Waals surface area contributed by atoms with Crippen LogP contribution in [0.4, 0.5) is 10.6 Å². The van der Waals surface area contributed by atoms with Crippen molar-refractivity contribution in [2.45, 2.75) is 26.8 Å². The van der Waals surface area contributed by atoms with E-state index in [1.165, 1.54) is 0 Å². The van der Waals surface area contributed by atoms with Crippen molar-refractivity contribution in [1.82, 2.24) is 24.9 Å². The van der Waals surface area contributed by atoms with E-state index in [2.05, 4.69) is 39.4 Å². The van der Waals surface area contributed by atoms with Crippen LogP contribution in [0.15, 0.2) is 6.07 Å². The first-order chi connectivity index (χ1) is 10.5. The van der Waals surface area contributed by atoms with Crippen molar-refractivity contribution in [2.75, 3.05) is 44.6 Å². The second-order valence-electron chi connectivity index (χ2n) is 5.95. The van der Waals surface area contributed by atoms with Gasteiger partial charge in [-0.3, -0.25) is 14.9 Å². The van der Waals surface area contributed by atoms with Gasteiger partial charge in [-0.25, -0.2) is 4.79 Å². The third-order valence-electron chi connectivity index (χ3n) is 4.28. The monoisotopic (exact) mass is 308 g/mol. The van der Waals surface area contributed by atoms with E-state index in [0.717, 1.165) is 38.4 Å². The van der Waals surface area contributed by atoms with Gasteiger partial charge in [0.05, 0.1) is 5.69 Å². The average molecular weight is 308 g/mol. The molecule has 1 fully saturated rings. The van der Waals surface area contributed by atoms with E-state index in [9.17, 15) is 4.79 Å². The number of nitrogens with zero attached hydrogens (tertiary/aromatic N) is 4. The highest BCUT2D eigenvalue weighted by atomic mass is 16.2. The highest BCUT2D eigenvalue weighted by molar-refractivity contribution is 5.88. The predicted octanol–water partition coefficient (Wildman–Crippen LogP) is 0.876. The van der Waals surface area contributed by atoms with Crippen LogP contribution in [0.25, 0.3) is 0 Å². The first kappa shape index (κ1) is 16.8. The highest BCUT2D eigenvalue weighted by Gasteiger charge is 2.20. The Morgan fingerprint density at radius 3 is 2.59 bits per heavy atom. The summed E-state index contributed by atoms with van der Waals surface area (Å²) in [6.45, 7) is 12.4. The second-order valence-corrected chi connectivity index (χ2v) is 5.95. The molecule has 2 rings (SSSR count). The maximum Gasteiger partial charge on any atom is 0.320 e. The number of piperazine rings is 1. The van der Waals surface area contributed by atoms with Crippen LogP contribution in [0.3, 0.4) is 0 Å². The maximum absolute atomic E-state index is 12.0. The molecule has 0 bridgehead atoms. The molecule has 2 N–H and O–H groups in total. The van der Waals surface area contributed by atoms with Gasteiger partial charge in [0.25, 0.3) is 0 Å². The normalized spacial score (nSPS) is 18.2. The van der Waals surface area contributed by atoms with Gasteiger partial charge < -0.3 is 10.2 Å². The fourth-order valence-corrected chi connectivity index (χ4v) is 2.78. The van der Waals surface area contributed by atoms with E-state index in [1.54, 1.807) is 4.68 Å². The Kier molecular flexibility index (Phi) is 5.79. The largest absolute Gasteiger partial charge is 0.336 e. The summed E-state index contributed by atoms with van der Waals surface area (Å²) < 4.78 is 1.67. The molecule has 1 aliphatic rings. The lowest BCUT2D eigenvalue weighted by molar-refractivity contribution is 0.106. The summed E-state index contributed by atoms with van der Waals surface area (Å²) in [5, 5.41) is 9.98. The second kappa shape index (κ2) is 7.60. The molecule has 1 aromatic rings. The van der Waals surface area contributed by atoms with E-state index >= 15 is 0 Å². The number of hydrogen-bond donors (Lipinski definition) is 2. The average Bonchev–Trinajstić information content (AvgIpc) is 2.82. The number of aryl methyl sites for hydroxylation is 2. The Balaban J connectivity index is 1.73. The molecule has 0 saturated carbocycles. The fraction of sp³-hybridized carbons (Fsp3) is 0.733.